The fraction of sp³-hybridized carbons (Fsp3) is 0.941. The lowest BCUT2D eigenvalue weighted by atomic mass is 10.1. The molecule has 2 N–H and O–H groups in total. The monoisotopic (exact) mass is 311 g/mol. The second kappa shape index (κ2) is 8.16. The molecule has 2 unspecified atom stereocenters. The molecule has 2 fully saturated rings. The summed E-state index contributed by atoms with van der Waals surface area (Å²) in [7, 11) is 1.83. The second-order valence-electron chi connectivity index (χ2n) is 7.51. The van der Waals surface area contributed by atoms with E-state index in [0.29, 0.717) is 18.5 Å². The van der Waals surface area contributed by atoms with Gasteiger partial charge in [-0.25, -0.2) is 4.79 Å². The second-order valence-corrected chi connectivity index (χ2v) is 7.51. The van der Waals surface area contributed by atoms with Crippen molar-refractivity contribution in [3.05, 3.63) is 0 Å². The predicted molar refractivity (Wildman–Crippen MR) is 88.8 cm³/mol. The van der Waals surface area contributed by atoms with Gasteiger partial charge in [0.25, 0.3) is 0 Å². The van der Waals surface area contributed by atoms with E-state index >= 15 is 0 Å². The Morgan fingerprint density at radius 1 is 1.32 bits per heavy atom. The van der Waals surface area contributed by atoms with Crippen molar-refractivity contribution in [2.45, 2.75) is 58.1 Å². The highest BCUT2D eigenvalue weighted by atomic mass is 16.3. The van der Waals surface area contributed by atoms with Gasteiger partial charge in [-0.3, -0.25) is 4.90 Å². The number of nitrogens with one attached hydrogen (secondary N) is 1. The first-order valence-electron chi connectivity index (χ1n) is 8.88. The Morgan fingerprint density at radius 3 is 2.73 bits per heavy atom. The summed E-state index contributed by atoms with van der Waals surface area (Å²) in [5.41, 5.74) is 0. The van der Waals surface area contributed by atoms with Crippen molar-refractivity contribution in [3.63, 3.8) is 0 Å². The van der Waals surface area contributed by atoms with Crippen LogP contribution in [0.3, 0.4) is 0 Å². The number of hydrogen-bond donors (Lipinski definition) is 2. The molecule has 5 heteroatoms. The maximum absolute atomic E-state index is 12.2. The van der Waals surface area contributed by atoms with Crippen LogP contribution in [0, 0.1) is 11.8 Å². The van der Waals surface area contributed by atoms with E-state index in [4.69, 9.17) is 0 Å². The maximum atomic E-state index is 12.2. The highest BCUT2D eigenvalue weighted by Crippen LogP contribution is 2.26. The van der Waals surface area contributed by atoms with Crippen molar-refractivity contribution >= 4 is 6.03 Å². The zero-order valence-electron chi connectivity index (χ0n) is 14.4. The zero-order valence-corrected chi connectivity index (χ0v) is 14.4. The van der Waals surface area contributed by atoms with Crippen LogP contribution in [0.4, 0.5) is 4.79 Å². The van der Waals surface area contributed by atoms with Crippen LogP contribution in [0.2, 0.25) is 0 Å². The number of rotatable bonds is 6. The first kappa shape index (κ1) is 17.5. The predicted octanol–water partition coefficient (Wildman–Crippen LogP) is 1.91. The molecule has 1 aliphatic carbocycles. The number of nitrogens with zero attached hydrogens (tertiary/aromatic N) is 2. The van der Waals surface area contributed by atoms with Crippen LogP contribution < -0.4 is 5.32 Å². The number of urea groups is 1. The van der Waals surface area contributed by atoms with Gasteiger partial charge in [0.15, 0.2) is 0 Å². The summed E-state index contributed by atoms with van der Waals surface area (Å²) < 4.78 is 0. The van der Waals surface area contributed by atoms with E-state index in [1.165, 1.54) is 12.8 Å². The van der Waals surface area contributed by atoms with Gasteiger partial charge in [-0.1, -0.05) is 20.3 Å². The molecule has 2 amide bonds. The average molecular weight is 311 g/mol. The van der Waals surface area contributed by atoms with Crippen molar-refractivity contribution in [2.75, 3.05) is 33.2 Å². The van der Waals surface area contributed by atoms with Gasteiger partial charge in [0.1, 0.15) is 0 Å². The van der Waals surface area contributed by atoms with Crippen LogP contribution in [0.5, 0.6) is 0 Å². The van der Waals surface area contributed by atoms with Crippen molar-refractivity contribution < 1.29 is 9.90 Å². The number of amides is 2. The van der Waals surface area contributed by atoms with Gasteiger partial charge in [0, 0.05) is 38.6 Å². The topological polar surface area (TPSA) is 55.8 Å². The van der Waals surface area contributed by atoms with Crippen LogP contribution in [0.15, 0.2) is 0 Å². The molecule has 128 valence electrons. The highest BCUT2D eigenvalue weighted by molar-refractivity contribution is 5.73. The number of carbonyl (C=O) groups is 1. The Hall–Kier alpha value is -0.810. The smallest absolute Gasteiger partial charge is 0.317 e. The minimum absolute atomic E-state index is 0.00417. The van der Waals surface area contributed by atoms with Gasteiger partial charge in [0.2, 0.25) is 0 Å². The molecular formula is C17H33N3O2. The van der Waals surface area contributed by atoms with E-state index < -0.39 is 0 Å². The number of aliphatic hydroxyl groups is 1. The Bertz CT molecular complexity index is 362. The van der Waals surface area contributed by atoms with Crippen LogP contribution in [0.1, 0.15) is 46.0 Å². The van der Waals surface area contributed by atoms with Crippen molar-refractivity contribution in [1.29, 1.82) is 0 Å². The zero-order chi connectivity index (χ0) is 16.1. The standard InChI is InChI=1S/C17H33N3O2/c1-13(2)11-20-9-5-7-15(20)10-18-17(22)19(3)12-14-6-4-8-16(14)21/h13-16,21H,4-12H2,1-3H3,(H,18,22)/t14?,15-,16?/m1/s1. The molecule has 2 aliphatic rings. The van der Waals surface area contributed by atoms with Crippen molar-refractivity contribution in [2.24, 2.45) is 11.8 Å². The first-order chi connectivity index (χ1) is 10.5. The minimum atomic E-state index is -0.230. The Kier molecular flexibility index (Phi) is 6.50. The van der Waals surface area contributed by atoms with Gasteiger partial charge in [-0.05, 0) is 38.1 Å². The molecule has 5 nitrogen and oxygen atoms in total. The lowest BCUT2D eigenvalue weighted by Gasteiger charge is -2.28. The normalized spacial score (nSPS) is 29.2. The molecular weight excluding hydrogens is 278 g/mol. The fourth-order valence-corrected chi connectivity index (χ4v) is 3.84. The molecule has 1 aliphatic heterocycles. The average Bonchev–Trinajstić information content (AvgIpc) is 3.05. The van der Waals surface area contributed by atoms with Crippen LogP contribution in [-0.2, 0) is 0 Å². The van der Waals surface area contributed by atoms with Gasteiger partial charge in [0.05, 0.1) is 6.10 Å². The molecule has 0 bridgehead atoms. The van der Waals surface area contributed by atoms with Gasteiger partial charge >= 0.3 is 6.03 Å². The number of hydrogen-bond acceptors (Lipinski definition) is 3. The SMILES string of the molecule is CC(C)CN1CCC[C@@H]1CNC(=O)N(C)CC1CCCC1O. The summed E-state index contributed by atoms with van der Waals surface area (Å²) in [5.74, 6) is 0.919. The molecule has 1 saturated heterocycles. The van der Waals surface area contributed by atoms with Crippen molar-refractivity contribution in [3.8, 4) is 0 Å². The minimum Gasteiger partial charge on any atom is -0.393 e. The van der Waals surface area contributed by atoms with E-state index in [2.05, 4.69) is 24.1 Å². The van der Waals surface area contributed by atoms with Crippen LogP contribution >= 0.6 is 0 Å². The number of aliphatic hydroxyl groups excluding tert-OH is 1. The van der Waals surface area contributed by atoms with E-state index in [1.54, 1.807) is 4.90 Å². The van der Waals surface area contributed by atoms with Crippen molar-refractivity contribution in [1.82, 2.24) is 15.1 Å². The van der Waals surface area contributed by atoms with Crippen LogP contribution in [-0.4, -0.2) is 66.3 Å². The molecule has 3 atom stereocenters. The quantitative estimate of drug-likeness (QED) is 0.788. The van der Waals surface area contributed by atoms with E-state index in [9.17, 15) is 9.90 Å². The maximum Gasteiger partial charge on any atom is 0.317 e. The molecule has 0 aromatic heterocycles. The third-order valence-electron chi connectivity index (χ3n) is 5.06. The largest absolute Gasteiger partial charge is 0.393 e. The number of carbonyl (C=O) groups excluding carboxylic acids is 1. The van der Waals surface area contributed by atoms with E-state index in [-0.39, 0.29) is 18.1 Å². The number of likely N-dealkylation sites (tertiary alicyclic amines) is 1. The van der Waals surface area contributed by atoms with E-state index in [1.807, 2.05) is 7.05 Å². The highest BCUT2D eigenvalue weighted by Gasteiger charge is 2.28. The Balaban J connectivity index is 1.72. The van der Waals surface area contributed by atoms with Crippen LogP contribution in [0.25, 0.3) is 0 Å². The summed E-state index contributed by atoms with van der Waals surface area (Å²) in [5, 5.41) is 13.0. The molecule has 1 saturated carbocycles. The summed E-state index contributed by atoms with van der Waals surface area (Å²) in [6.45, 7) is 8.16. The third kappa shape index (κ3) is 4.85. The molecule has 1 heterocycles. The van der Waals surface area contributed by atoms with Gasteiger partial charge in [-0.15, -0.1) is 0 Å². The van der Waals surface area contributed by atoms with Gasteiger partial charge in [-0.2, -0.15) is 0 Å². The summed E-state index contributed by atoms with van der Waals surface area (Å²) in [6, 6.07) is 0.479. The molecule has 0 spiro atoms. The first-order valence-corrected chi connectivity index (χ1v) is 8.88. The molecule has 0 aromatic rings. The summed E-state index contributed by atoms with van der Waals surface area (Å²) in [4.78, 5) is 16.5. The lowest BCUT2D eigenvalue weighted by molar-refractivity contribution is 0.113. The Labute approximate surface area is 135 Å². The fourth-order valence-electron chi connectivity index (χ4n) is 3.84. The summed E-state index contributed by atoms with van der Waals surface area (Å²) in [6.07, 6.45) is 5.17. The van der Waals surface area contributed by atoms with Gasteiger partial charge < -0.3 is 15.3 Å². The summed E-state index contributed by atoms with van der Waals surface area (Å²) >= 11 is 0. The van der Waals surface area contributed by atoms with E-state index in [0.717, 1.165) is 38.9 Å². The third-order valence-corrected chi connectivity index (χ3v) is 5.06. The molecule has 0 radical (unpaired) electrons. The molecule has 2 rings (SSSR count). The lowest BCUT2D eigenvalue weighted by Crippen LogP contribution is -2.46. The molecule has 0 aromatic carbocycles. The molecule has 22 heavy (non-hydrogen) atoms. The Morgan fingerprint density at radius 2 is 2.09 bits per heavy atom.